The first kappa shape index (κ1) is 30.5. The first-order chi connectivity index (χ1) is 18.2. The number of aliphatic carboxylic acids is 1. The predicted octanol–water partition coefficient (Wildman–Crippen LogP) is -0.993. The number of hydrogen-bond acceptors (Lipinski definition) is 14. The largest absolute Gasteiger partial charge is 0.505 e. The number of carboxylic acid groups (broad SMARTS) is 1. The van der Waals surface area contributed by atoms with Crippen molar-refractivity contribution in [1.82, 2.24) is 4.98 Å². The average molecular weight is 563 g/mol. The van der Waals surface area contributed by atoms with Crippen molar-refractivity contribution in [2.75, 3.05) is 59.1 Å². The molecule has 3 heterocycles. The molecule has 0 saturated carbocycles. The number of aliphatic imine (C=N–C) groups is 1. The van der Waals surface area contributed by atoms with Crippen LogP contribution >= 0.6 is 11.8 Å². The molecule has 15 heteroatoms. The quantitative estimate of drug-likeness (QED) is 0.163. The number of aliphatic hydroxyl groups is 3. The van der Waals surface area contributed by atoms with E-state index in [1.165, 1.54) is 38.1 Å². The molecule has 38 heavy (non-hydrogen) atoms. The zero-order chi connectivity index (χ0) is 27.7. The Morgan fingerprint density at radius 2 is 1.84 bits per heavy atom. The second-order valence-corrected chi connectivity index (χ2v) is 9.64. The summed E-state index contributed by atoms with van der Waals surface area (Å²) in [5, 5.41) is 49.4. The van der Waals surface area contributed by atoms with E-state index in [4.69, 9.17) is 28.4 Å². The Labute approximate surface area is 223 Å². The minimum Gasteiger partial charge on any atom is -0.505 e. The Kier molecular flexibility index (Phi) is 11.5. The number of aromatic nitrogens is 1. The second kappa shape index (κ2) is 14.3. The standard InChI is InChI=1S/C23H34N2O12S/c1-23(22(30)31)12-38-20(25-23)16-14(27)9-13(10-24-16)35-7-5-33-3-4-34-6-8-36-21-18(29)19(32-2)17(28)15(11-26)37-21/h9-10,15,17-19,21,26-29H,3-8,11-12H2,1-2H3,(H,30,31). The molecular weight excluding hydrogens is 528 g/mol. The molecule has 2 aliphatic heterocycles. The fourth-order valence-corrected chi connectivity index (χ4v) is 4.81. The highest BCUT2D eigenvalue weighted by molar-refractivity contribution is 8.14. The molecule has 0 radical (unpaired) electrons. The summed E-state index contributed by atoms with van der Waals surface area (Å²) in [5.74, 6) is -0.613. The van der Waals surface area contributed by atoms with Crippen LogP contribution in [0.2, 0.25) is 0 Å². The molecule has 0 aromatic carbocycles. The van der Waals surface area contributed by atoms with Gasteiger partial charge < -0.3 is 54.0 Å². The van der Waals surface area contributed by atoms with Gasteiger partial charge in [0.15, 0.2) is 11.8 Å². The van der Waals surface area contributed by atoms with E-state index in [-0.39, 0.29) is 56.8 Å². The smallest absolute Gasteiger partial charge is 0.332 e. The number of aromatic hydroxyl groups is 1. The summed E-state index contributed by atoms with van der Waals surface area (Å²) in [6.07, 6.45) is -3.94. The lowest BCUT2D eigenvalue weighted by Crippen LogP contribution is -2.59. The van der Waals surface area contributed by atoms with Crippen molar-refractivity contribution in [1.29, 1.82) is 0 Å². The Bertz CT molecular complexity index is 953. The molecule has 3 rings (SSSR count). The van der Waals surface area contributed by atoms with Crippen LogP contribution in [0.15, 0.2) is 17.3 Å². The molecular formula is C23H34N2O12S. The molecule has 1 saturated heterocycles. The lowest BCUT2D eigenvalue weighted by atomic mass is 9.99. The van der Waals surface area contributed by atoms with E-state index >= 15 is 0 Å². The zero-order valence-electron chi connectivity index (χ0n) is 21.1. The van der Waals surface area contributed by atoms with Gasteiger partial charge in [-0.25, -0.2) is 9.78 Å². The normalized spacial score (nSPS) is 29.3. The van der Waals surface area contributed by atoms with E-state index in [0.717, 1.165) is 0 Å². The highest BCUT2D eigenvalue weighted by Gasteiger charge is 2.45. The van der Waals surface area contributed by atoms with Crippen LogP contribution in [0.25, 0.3) is 0 Å². The van der Waals surface area contributed by atoms with Gasteiger partial charge in [-0.1, -0.05) is 0 Å². The van der Waals surface area contributed by atoms with Crippen molar-refractivity contribution in [3.63, 3.8) is 0 Å². The van der Waals surface area contributed by atoms with Crippen molar-refractivity contribution in [2.45, 2.75) is 43.2 Å². The number of rotatable bonds is 15. The molecule has 0 bridgehead atoms. The van der Waals surface area contributed by atoms with Crippen LogP contribution in [0.3, 0.4) is 0 Å². The third-order valence-electron chi connectivity index (χ3n) is 5.82. The molecule has 1 aromatic heterocycles. The first-order valence-electron chi connectivity index (χ1n) is 11.9. The summed E-state index contributed by atoms with van der Waals surface area (Å²) < 4.78 is 32.2. The third kappa shape index (κ3) is 7.74. The van der Waals surface area contributed by atoms with Gasteiger partial charge >= 0.3 is 5.97 Å². The van der Waals surface area contributed by atoms with Crippen molar-refractivity contribution < 1.29 is 58.7 Å². The van der Waals surface area contributed by atoms with Crippen LogP contribution in [0.4, 0.5) is 0 Å². The molecule has 1 fully saturated rings. The van der Waals surface area contributed by atoms with E-state index in [9.17, 15) is 30.3 Å². The van der Waals surface area contributed by atoms with Gasteiger partial charge in [-0.3, -0.25) is 4.99 Å². The zero-order valence-corrected chi connectivity index (χ0v) is 21.9. The second-order valence-electron chi connectivity index (χ2n) is 8.67. The van der Waals surface area contributed by atoms with Crippen molar-refractivity contribution in [3.05, 3.63) is 18.0 Å². The van der Waals surface area contributed by atoms with Gasteiger partial charge in [0.25, 0.3) is 0 Å². The number of methoxy groups -OCH3 is 1. The topological polar surface area (TPSA) is 199 Å². The summed E-state index contributed by atoms with van der Waals surface area (Å²) in [6.45, 7) is 2.39. The maximum absolute atomic E-state index is 11.3. The fraction of sp³-hybridized carbons (Fsp3) is 0.696. The van der Waals surface area contributed by atoms with E-state index in [2.05, 4.69) is 9.98 Å². The number of pyridine rings is 1. The van der Waals surface area contributed by atoms with Crippen LogP contribution in [-0.2, 0) is 28.5 Å². The monoisotopic (exact) mass is 562 g/mol. The van der Waals surface area contributed by atoms with E-state index in [1.54, 1.807) is 0 Å². The maximum Gasteiger partial charge on any atom is 0.332 e. The number of nitrogens with zero attached hydrogens (tertiary/aromatic N) is 2. The molecule has 5 N–H and O–H groups in total. The molecule has 6 unspecified atom stereocenters. The number of carboxylic acids is 1. The van der Waals surface area contributed by atoms with Gasteiger partial charge in [-0.05, 0) is 6.92 Å². The predicted molar refractivity (Wildman–Crippen MR) is 133 cm³/mol. The number of aliphatic hydroxyl groups excluding tert-OH is 3. The van der Waals surface area contributed by atoms with Crippen molar-refractivity contribution in [2.24, 2.45) is 4.99 Å². The molecule has 14 nitrogen and oxygen atoms in total. The summed E-state index contributed by atoms with van der Waals surface area (Å²) in [4.78, 5) is 19.7. The Hall–Kier alpha value is -2.08. The van der Waals surface area contributed by atoms with Gasteiger partial charge in [0.1, 0.15) is 53.3 Å². The van der Waals surface area contributed by atoms with Gasteiger partial charge in [-0.15, -0.1) is 11.8 Å². The molecule has 0 spiro atoms. The molecule has 1 aromatic rings. The minimum atomic E-state index is -1.24. The molecule has 6 atom stereocenters. The number of carbonyl (C=O) groups is 1. The lowest BCUT2D eigenvalue weighted by Gasteiger charge is -2.41. The number of ether oxygens (including phenoxy) is 6. The minimum absolute atomic E-state index is 0.0997. The van der Waals surface area contributed by atoms with E-state index in [0.29, 0.717) is 10.8 Å². The van der Waals surface area contributed by atoms with Crippen LogP contribution in [0.5, 0.6) is 11.5 Å². The molecule has 0 amide bonds. The summed E-state index contributed by atoms with van der Waals surface area (Å²) >= 11 is 1.22. The highest BCUT2D eigenvalue weighted by atomic mass is 32.2. The van der Waals surface area contributed by atoms with Gasteiger partial charge in [0.05, 0.1) is 45.8 Å². The maximum atomic E-state index is 11.3. The Morgan fingerprint density at radius 3 is 2.45 bits per heavy atom. The van der Waals surface area contributed by atoms with Crippen molar-refractivity contribution in [3.8, 4) is 11.5 Å². The van der Waals surface area contributed by atoms with Crippen molar-refractivity contribution >= 4 is 22.8 Å². The SMILES string of the molecule is COC1C(O)C(CO)OC(OCCOCCOCCOc2cnc(C3=NC(C)(C(=O)O)CS3)c(O)c2)C1O. The Morgan fingerprint density at radius 1 is 1.16 bits per heavy atom. The van der Waals surface area contributed by atoms with Crippen LogP contribution < -0.4 is 4.74 Å². The summed E-state index contributed by atoms with van der Waals surface area (Å²) in [5.41, 5.74) is -1.04. The molecule has 2 aliphatic rings. The molecule has 214 valence electrons. The average Bonchev–Trinajstić information content (AvgIpc) is 3.30. The van der Waals surface area contributed by atoms with E-state index in [1.807, 2.05) is 0 Å². The number of thioether (sulfide) groups is 1. The van der Waals surface area contributed by atoms with Gasteiger partial charge in [-0.2, -0.15) is 0 Å². The first-order valence-corrected chi connectivity index (χ1v) is 12.9. The Balaban J connectivity index is 1.27. The van der Waals surface area contributed by atoms with Gasteiger partial charge in [0, 0.05) is 18.9 Å². The third-order valence-corrected chi connectivity index (χ3v) is 7.08. The summed E-state index contributed by atoms with van der Waals surface area (Å²) in [6, 6.07) is 1.39. The van der Waals surface area contributed by atoms with Crippen LogP contribution in [0, 0.1) is 0 Å². The van der Waals surface area contributed by atoms with Gasteiger partial charge in [0.2, 0.25) is 0 Å². The lowest BCUT2D eigenvalue weighted by molar-refractivity contribution is -0.306. The summed E-state index contributed by atoms with van der Waals surface area (Å²) in [7, 11) is 1.34. The van der Waals surface area contributed by atoms with Crippen LogP contribution in [0.1, 0.15) is 12.6 Å². The van der Waals surface area contributed by atoms with Crippen LogP contribution in [-0.4, -0.2) is 137 Å². The highest BCUT2D eigenvalue weighted by Crippen LogP contribution is 2.34. The molecule has 0 aliphatic carbocycles. The van der Waals surface area contributed by atoms with E-state index < -0.39 is 48.8 Å². The fourth-order valence-electron chi connectivity index (χ4n) is 3.64. The number of hydrogen-bond donors (Lipinski definition) is 5.